The fourth-order valence-corrected chi connectivity index (χ4v) is 3.63. The molecule has 2 nitrogen and oxygen atoms in total. The maximum Gasteiger partial charge on any atom is 0.305 e. The Morgan fingerprint density at radius 1 is 0.704 bits per heavy atom. The molecule has 1 unspecified atom stereocenters. The molecule has 0 aromatic rings. The second-order valence-corrected chi connectivity index (χ2v) is 9.76. The summed E-state index contributed by atoms with van der Waals surface area (Å²) in [6.07, 6.45) is 24.8. The van der Waals surface area contributed by atoms with Crippen LogP contribution >= 0.6 is 15.9 Å². The first-order valence-electron chi connectivity index (χ1n) is 12.0. The Morgan fingerprint density at radius 2 is 1.07 bits per heavy atom. The first-order valence-corrected chi connectivity index (χ1v) is 12.9. The Labute approximate surface area is 178 Å². The number of carbonyl (C=O) groups excluding carboxylic acids is 1. The van der Waals surface area contributed by atoms with E-state index in [2.05, 4.69) is 29.8 Å². The molecular weight excluding hydrogens is 400 g/mol. The van der Waals surface area contributed by atoms with Crippen molar-refractivity contribution in [3.05, 3.63) is 0 Å². The number of rotatable bonds is 21. The molecule has 0 N–H and O–H groups in total. The van der Waals surface area contributed by atoms with Gasteiger partial charge in [-0.1, -0.05) is 133 Å². The smallest absolute Gasteiger partial charge is 0.305 e. The van der Waals surface area contributed by atoms with E-state index in [0.29, 0.717) is 17.9 Å². The average molecular weight is 448 g/mol. The van der Waals surface area contributed by atoms with Gasteiger partial charge in [-0.05, 0) is 12.8 Å². The van der Waals surface area contributed by atoms with Crippen molar-refractivity contribution in [1.82, 2.24) is 0 Å². The van der Waals surface area contributed by atoms with Crippen LogP contribution in [0.4, 0.5) is 0 Å². The largest absolute Gasteiger partial charge is 0.466 e. The van der Waals surface area contributed by atoms with E-state index in [1.165, 1.54) is 103 Å². The predicted molar refractivity (Wildman–Crippen MR) is 123 cm³/mol. The van der Waals surface area contributed by atoms with Gasteiger partial charge in [-0.25, -0.2) is 0 Å². The molecule has 0 amide bonds. The molecule has 0 aliphatic heterocycles. The van der Waals surface area contributed by atoms with E-state index in [4.69, 9.17) is 4.74 Å². The van der Waals surface area contributed by atoms with Gasteiger partial charge in [0, 0.05) is 11.2 Å². The zero-order valence-corrected chi connectivity index (χ0v) is 20.0. The van der Waals surface area contributed by atoms with E-state index in [1.54, 1.807) is 0 Å². The van der Waals surface area contributed by atoms with Gasteiger partial charge in [-0.3, -0.25) is 4.79 Å². The predicted octanol–water partition coefficient (Wildman–Crippen LogP) is 8.74. The Balaban J connectivity index is 3.08. The van der Waals surface area contributed by atoms with Crippen molar-refractivity contribution < 1.29 is 9.53 Å². The average Bonchev–Trinajstić information content (AvgIpc) is 2.65. The molecule has 162 valence electrons. The number of esters is 1. The van der Waals surface area contributed by atoms with Gasteiger partial charge >= 0.3 is 5.97 Å². The lowest BCUT2D eigenvalue weighted by molar-refractivity contribution is -0.143. The molecule has 0 heterocycles. The van der Waals surface area contributed by atoms with Gasteiger partial charge in [0.25, 0.3) is 0 Å². The Kier molecular flexibility index (Phi) is 22.2. The lowest BCUT2D eigenvalue weighted by Gasteiger charge is -2.06. The number of halogens is 1. The Hall–Kier alpha value is -0.0500. The van der Waals surface area contributed by atoms with E-state index in [1.807, 2.05) is 0 Å². The molecule has 0 aliphatic rings. The van der Waals surface area contributed by atoms with Crippen molar-refractivity contribution in [3.8, 4) is 0 Å². The van der Waals surface area contributed by atoms with Crippen LogP contribution in [0.5, 0.6) is 0 Å². The third kappa shape index (κ3) is 23.9. The zero-order chi connectivity index (χ0) is 20.0. The van der Waals surface area contributed by atoms with Crippen LogP contribution in [0.15, 0.2) is 0 Å². The number of carbonyl (C=O) groups is 1. The summed E-state index contributed by atoms with van der Waals surface area (Å²) in [6, 6.07) is 0. The van der Waals surface area contributed by atoms with Crippen LogP contribution in [0.2, 0.25) is 0 Å². The molecular formula is C24H47BrO2. The van der Waals surface area contributed by atoms with Crippen LogP contribution in [0.3, 0.4) is 0 Å². The second kappa shape index (κ2) is 22.2. The summed E-state index contributed by atoms with van der Waals surface area (Å²) < 4.78 is 5.26. The van der Waals surface area contributed by atoms with Gasteiger partial charge in [0.1, 0.15) is 0 Å². The summed E-state index contributed by atoms with van der Waals surface area (Å²) in [5.41, 5.74) is 0. The highest BCUT2D eigenvalue weighted by Crippen LogP contribution is 2.14. The van der Waals surface area contributed by atoms with E-state index in [9.17, 15) is 4.79 Å². The maximum absolute atomic E-state index is 11.5. The number of hydrogen-bond donors (Lipinski definition) is 0. The minimum Gasteiger partial charge on any atom is -0.466 e. The summed E-state index contributed by atoms with van der Waals surface area (Å²) >= 11 is 3.45. The van der Waals surface area contributed by atoms with Crippen molar-refractivity contribution in [2.45, 2.75) is 141 Å². The van der Waals surface area contributed by atoms with Crippen LogP contribution < -0.4 is 0 Å². The van der Waals surface area contributed by atoms with E-state index in [-0.39, 0.29) is 5.97 Å². The highest BCUT2D eigenvalue weighted by molar-refractivity contribution is 9.09. The summed E-state index contributed by atoms with van der Waals surface area (Å²) in [5.74, 6) is -0.0437. The first-order chi connectivity index (χ1) is 13.2. The summed E-state index contributed by atoms with van der Waals surface area (Å²) in [5, 5.41) is 0. The topological polar surface area (TPSA) is 26.3 Å². The van der Waals surface area contributed by atoms with Gasteiger partial charge in [0.05, 0.1) is 6.61 Å². The SMILES string of the molecule is CCCCCCCCCCCCCCCCCCCOC(=O)CCC(C)Br. The standard InChI is InChI=1S/C24H47BrO2/c1-3-4-5-6-7-8-9-10-11-12-13-14-15-16-17-18-19-22-27-24(26)21-20-23(2)25/h23H,3-22H2,1-2H3. The van der Waals surface area contributed by atoms with Crippen LogP contribution in [-0.2, 0) is 9.53 Å². The number of ether oxygens (including phenoxy) is 1. The van der Waals surface area contributed by atoms with E-state index in [0.717, 1.165) is 12.8 Å². The maximum atomic E-state index is 11.5. The molecule has 0 saturated carbocycles. The molecule has 3 heteroatoms. The summed E-state index contributed by atoms with van der Waals surface area (Å²) in [7, 11) is 0. The number of unbranched alkanes of at least 4 members (excludes halogenated alkanes) is 16. The third-order valence-corrected chi connectivity index (χ3v) is 5.72. The fourth-order valence-electron chi connectivity index (χ4n) is 3.40. The molecule has 0 aliphatic carbocycles. The number of alkyl halides is 1. The van der Waals surface area contributed by atoms with Crippen molar-refractivity contribution >= 4 is 21.9 Å². The number of hydrogen-bond acceptors (Lipinski definition) is 2. The molecule has 0 bridgehead atoms. The first kappa shape index (κ1) is 27.0. The zero-order valence-electron chi connectivity index (χ0n) is 18.4. The lowest BCUT2D eigenvalue weighted by Crippen LogP contribution is -2.07. The molecule has 1 atom stereocenters. The third-order valence-electron chi connectivity index (χ3n) is 5.26. The normalized spacial score (nSPS) is 12.3. The fraction of sp³-hybridized carbons (Fsp3) is 0.958. The minimum atomic E-state index is -0.0437. The van der Waals surface area contributed by atoms with Crippen molar-refractivity contribution in [2.75, 3.05) is 6.61 Å². The highest BCUT2D eigenvalue weighted by atomic mass is 79.9. The summed E-state index contributed by atoms with van der Waals surface area (Å²) in [6.45, 7) is 4.95. The molecule has 0 radical (unpaired) electrons. The van der Waals surface area contributed by atoms with Crippen LogP contribution in [-0.4, -0.2) is 17.4 Å². The van der Waals surface area contributed by atoms with Gasteiger partial charge in [-0.2, -0.15) is 0 Å². The van der Waals surface area contributed by atoms with Crippen molar-refractivity contribution in [3.63, 3.8) is 0 Å². The molecule has 0 saturated heterocycles. The summed E-state index contributed by atoms with van der Waals surface area (Å²) in [4.78, 5) is 11.9. The Bertz CT molecular complexity index is 305. The quantitative estimate of drug-likeness (QED) is 0.0999. The Morgan fingerprint density at radius 3 is 1.44 bits per heavy atom. The van der Waals surface area contributed by atoms with Gasteiger partial charge < -0.3 is 4.74 Å². The van der Waals surface area contributed by atoms with Gasteiger partial charge in [0.15, 0.2) is 0 Å². The lowest BCUT2D eigenvalue weighted by atomic mass is 10.0. The molecule has 0 aromatic heterocycles. The monoisotopic (exact) mass is 446 g/mol. The molecule has 0 aromatic carbocycles. The van der Waals surface area contributed by atoms with Gasteiger partial charge in [-0.15, -0.1) is 0 Å². The molecule has 27 heavy (non-hydrogen) atoms. The van der Waals surface area contributed by atoms with Crippen LogP contribution in [0.1, 0.15) is 136 Å². The van der Waals surface area contributed by atoms with E-state index < -0.39 is 0 Å². The highest BCUT2D eigenvalue weighted by Gasteiger charge is 2.04. The second-order valence-electron chi connectivity index (χ2n) is 8.20. The van der Waals surface area contributed by atoms with E-state index >= 15 is 0 Å². The van der Waals surface area contributed by atoms with Crippen LogP contribution in [0, 0.1) is 0 Å². The van der Waals surface area contributed by atoms with Crippen LogP contribution in [0.25, 0.3) is 0 Å². The van der Waals surface area contributed by atoms with Crippen molar-refractivity contribution in [1.29, 1.82) is 0 Å². The van der Waals surface area contributed by atoms with Gasteiger partial charge in [0.2, 0.25) is 0 Å². The molecule has 0 rings (SSSR count). The molecule has 0 spiro atoms. The molecule has 0 fully saturated rings. The van der Waals surface area contributed by atoms with Crippen molar-refractivity contribution in [2.24, 2.45) is 0 Å². The minimum absolute atomic E-state index is 0.0437.